The van der Waals surface area contributed by atoms with Crippen molar-refractivity contribution in [2.24, 2.45) is 0 Å². The summed E-state index contributed by atoms with van der Waals surface area (Å²) in [6.07, 6.45) is 1.48. The van der Waals surface area contributed by atoms with Gasteiger partial charge in [-0.25, -0.2) is 4.98 Å². The minimum atomic E-state index is -3.57. The van der Waals surface area contributed by atoms with Crippen LogP contribution in [0.15, 0.2) is 16.9 Å². The first kappa shape index (κ1) is 11.9. The van der Waals surface area contributed by atoms with Crippen LogP contribution < -0.4 is 0 Å². The van der Waals surface area contributed by atoms with Gasteiger partial charge >= 0.3 is 0 Å². The molecular weight excluding hydrogens is 294 g/mol. The van der Waals surface area contributed by atoms with Gasteiger partial charge in [0.25, 0.3) is 10.1 Å². The maximum Gasteiger partial charge on any atom is 0.271 e. The van der Waals surface area contributed by atoms with E-state index in [1.807, 2.05) is 0 Å². The third-order valence-electron chi connectivity index (χ3n) is 1.52. The van der Waals surface area contributed by atoms with Gasteiger partial charge in [0.15, 0.2) is 0 Å². The summed E-state index contributed by atoms with van der Waals surface area (Å²) in [5.74, 6) is -0.295. The zero-order valence-corrected chi connectivity index (χ0v) is 10.4. The fourth-order valence-electron chi connectivity index (χ4n) is 0.809. The molecule has 1 heterocycles. The first-order chi connectivity index (χ1) is 6.46. The van der Waals surface area contributed by atoms with Crippen LogP contribution in [0.25, 0.3) is 0 Å². The molecule has 0 N–H and O–H groups in total. The number of aromatic nitrogens is 1. The number of hydrogen-bond donors (Lipinski definition) is 0. The number of hydrogen-bond acceptors (Lipinski definition) is 4. The molecule has 0 aliphatic rings. The molecule has 78 valence electrons. The van der Waals surface area contributed by atoms with Crippen molar-refractivity contribution >= 4 is 37.6 Å². The second kappa shape index (κ2) is 4.57. The molecule has 0 amide bonds. The van der Waals surface area contributed by atoms with Gasteiger partial charge in [-0.05, 0) is 22.0 Å². The molecule has 0 radical (unpaired) electrons. The van der Waals surface area contributed by atoms with Crippen molar-refractivity contribution in [3.8, 4) is 0 Å². The Labute approximate surface area is 95.5 Å². The number of nitrogens with zero attached hydrogens (tertiary/aromatic N) is 1. The van der Waals surface area contributed by atoms with Gasteiger partial charge in [-0.1, -0.05) is 11.6 Å². The lowest BCUT2D eigenvalue weighted by Crippen LogP contribution is -2.07. The van der Waals surface area contributed by atoms with Crippen LogP contribution in [0.5, 0.6) is 0 Å². The van der Waals surface area contributed by atoms with Crippen molar-refractivity contribution in [2.75, 3.05) is 7.11 Å². The lowest BCUT2D eigenvalue weighted by Gasteiger charge is -2.05. The largest absolute Gasteiger partial charge is 0.273 e. The summed E-state index contributed by atoms with van der Waals surface area (Å²) in [5.41, 5.74) is 0.399. The summed E-state index contributed by atoms with van der Waals surface area (Å²) >= 11 is 8.92. The van der Waals surface area contributed by atoms with E-state index in [0.29, 0.717) is 15.2 Å². The highest BCUT2D eigenvalue weighted by Gasteiger charge is 2.16. The maximum atomic E-state index is 11.1. The Bertz CT molecular complexity index is 414. The second-order valence-electron chi connectivity index (χ2n) is 2.43. The van der Waals surface area contributed by atoms with E-state index in [2.05, 4.69) is 25.1 Å². The Hall–Kier alpha value is -0.170. The van der Waals surface area contributed by atoms with Crippen LogP contribution in [-0.4, -0.2) is 20.5 Å². The number of rotatable bonds is 3. The second-order valence-corrected chi connectivity index (χ2v) is 5.33. The van der Waals surface area contributed by atoms with E-state index in [0.717, 1.165) is 7.11 Å². The fraction of sp³-hybridized carbons (Fsp3) is 0.286. The topological polar surface area (TPSA) is 56.3 Å². The zero-order chi connectivity index (χ0) is 10.8. The Kier molecular flexibility index (Phi) is 3.88. The van der Waals surface area contributed by atoms with Gasteiger partial charge in [0.2, 0.25) is 0 Å². The van der Waals surface area contributed by atoms with Gasteiger partial charge in [-0.15, -0.1) is 0 Å². The summed E-state index contributed by atoms with van der Waals surface area (Å²) in [5, 5.41) is 0.340. The Morgan fingerprint density at radius 3 is 2.79 bits per heavy atom. The van der Waals surface area contributed by atoms with Crippen LogP contribution in [0.4, 0.5) is 0 Å². The van der Waals surface area contributed by atoms with Crippen LogP contribution in [0.2, 0.25) is 5.02 Å². The lowest BCUT2D eigenvalue weighted by molar-refractivity contribution is 0.397. The van der Waals surface area contributed by atoms with Crippen molar-refractivity contribution in [1.82, 2.24) is 4.98 Å². The normalized spacial score (nSPS) is 11.6. The summed E-state index contributed by atoms with van der Waals surface area (Å²) in [4.78, 5) is 3.87. The lowest BCUT2D eigenvalue weighted by atomic mass is 10.3. The van der Waals surface area contributed by atoms with Crippen LogP contribution in [0.1, 0.15) is 5.56 Å². The number of pyridine rings is 1. The van der Waals surface area contributed by atoms with E-state index in [-0.39, 0.29) is 5.75 Å². The standard InChI is InChI=1S/C7H7BrClNO3S/c1-13-14(11,12)4-5-6(9)2-3-10-7(5)8/h2-3H,4H2,1H3. The first-order valence-electron chi connectivity index (χ1n) is 3.53. The van der Waals surface area contributed by atoms with Crippen LogP contribution >= 0.6 is 27.5 Å². The van der Waals surface area contributed by atoms with Crippen molar-refractivity contribution in [3.05, 3.63) is 27.5 Å². The Morgan fingerprint density at radius 1 is 1.64 bits per heavy atom. The molecule has 0 saturated carbocycles. The summed E-state index contributed by atoms with van der Waals surface area (Å²) in [6.45, 7) is 0. The average Bonchev–Trinajstić information content (AvgIpc) is 2.12. The highest BCUT2D eigenvalue weighted by atomic mass is 79.9. The predicted molar refractivity (Wildman–Crippen MR) is 56.6 cm³/mol. The molecule has 0 fully saturated rings. The first-order valence-corrected chi connectivity index (χ1v) is 6.28. The van der Waals surface area contributed by atoms with Crippen LogP contribution in [0.3, 0.4) is 0 Å². The molecule has 0 aliphatic heterocycles. The van der Waals surface area contributed by atoms with Gasteiger partial charge < -0.3 is 0 Å². The van der Waals surface area contributed by atoms with Crippen molar-refractivity contribution in [2.45, 2.75) is 5.75 Å². The molecule has 0 bridgehead atoms. The molecular formula is C7H7BrClNO3S. The molecule has 0 aliphatic carbocycles. The van der Waals surface area contributed by atoms with E-state index < -0.39 is 10.1 Å². The zero-order valence-electron chi connectivity index (χ0n) is 7.20. The molecule has 1 rings (SSSR count). The minimum absolute atomic E-state index is 0.295. The van der Waals surface area contributed by atoms with Crippen molar-refractivity contribution in [3.63, 3.8) is 0 Å². The van der Waals surface area contributed by atoms with E-state index in [1.165, 1.54) is 12.3 Å². The van der Waals surface area contributed by atoms with Crippen LogP contribution in [-0.2, 0) is 20.1 Å². The highest BCUT2D eigenvalue weighted by Crippen LogP contribution is 2.24. The van der Waals surface area contributed by atoms with Gasteiger partial charge in [0.1, 0.15) is 10.4 Å². The monoisotopic (exact) mass is 299 g/mol. The summed E-state index contributed by atoms with van der Waals surface area (Å²) in [6, 6.07) is 1.52. The van der Waals surface area contributed by atoms with Gasteiger partial charge in [-0.2, -0.15) is 8.42 Å². The molecule has 1 aromatic heterocycles. The molecule has 7 heteroatoms. The molecule has 0 atom stereocenters. The summed E-state index contributed by atoms with van der Waals surface area (Å²) in [7, 11) is -2.47. The van der Waals surface area contributed by atoms with E-state index in [1.54, 1.807) is 0 Å². The fourth-order valence-corrected chi connectivity index (χ4v) is 2.64. The Morgan fingerprint density at radius 2 is 2.29 bits per heavy atom. The number of halogens is 2. The third kappa shape index (κ3) is 2.91. The van der Waals surface area contributed by atoms with Gasteiger partial charge in [-0.3, -0.25) is 4.18 Å². The van der Waals surface area contributed by atoms with Crippen molar-refractivity contribution in [1.29, 1.82) is 0 Å². The van der Waals surface area contributed by atoms with E-state index in [9.17, 15) is 8.42 Å². The van der Waals surface area contributed by atoms with Gasteiger partial charge in [0, 0.05) is 16.8 Å². The van der Waals surface area contributed by atoms with Crippen LogP contribution in [0, 0.1) is 0 Å². The molecule has 0 spiro atoms. The molecule has 0 unspecified atom stereocenters. The third-order valence-corrected chi connectivity index (χ3v) is 3.71. The van der Waals surface area contributed by atoms with E-state index >= 15 is 0 Å². The maximum absolute atomic E-state index is 11.1. The van der Waals surface area contributed by atoms with Crippen molar-refractivity contribution < 1.29 is 12.6 Å². The highest BCUT2D eigenvalue weighted by molar-refractivity contribution is 9.10. The smallest absolute Gasteiger partial charge is 0.271 e. The molecule has 14 heavy (non-hydrogen) atoms. The molecule has 1 aromatic rings. The molecule has 4 nitrogen and oxygen atoms in total. The summed E-state index contributed by atoms with van der Waals surface area (Å²) < 4.78 is 27.0. The van der Waals surface area contributed by atoms with E-state index in [4.69, 9.17) is 11.6 Å². The SMILES string of the molecule is COS(=O)(=O)Cc1c(Cl)ccnc1Br. The minimum Gasteiger partial charge on any atom is -0.273 e. The molecule has 0 saturated heterocycles. The van der Waals surface area contributed by atoms with Gasteiger partial charge in [0.05, 0.1) is 7.11 Å². The quantitative estimate of drug-likeness (QED) is 0.632. The average molecular weight is 301 g/mol. The Balaban J connectivity index is 3.09. The predicted octanol–water partition coefficient (Wildman–Crippen LogP) is 1.97. The molecule has 0 aromatic carbocycles.